The van der Waals surface area contributed by atoms with E-state index >= 15 is 0 Å². The molecule has 3 nitrogen and oxygen atoms in total. The third kappa shape index (κ3) is 1.54. The van der Waals surface area contributed by atoms with E-state index in [1.54, 1.807) is 0 Å². The smallest absolute Gasteiger partial charge is 0.412 e. The largest absolute Gasteiger partial charge is 0.441 e. The summed E-state index contributed by atoms with van der Waals surface area (Å²) in [7, 11) is 0. The van der Waals surface area contributed by atoms with Gasteiger partial charge in [-0.3, -0.25) is 5.32 Å². The minimum absolute atomic E-state index is 0.170. The molecule has 4 heteroatoms. The standard InChI is InChI=1S/C9H8BrNO2/c1-5-7-3-2-6(10)4-8(7)11-9(12)13-5/h2-5H,1H3,(H,11,12). The predicted octanol–water partition coefficient (Wildman–Crippen LogP) is 3.07. The molecule has 0 aliphatic carbocycles. The van der Waals surface area contributed by atoms with Crippen LogP contribution in [0.1, 0.15) is 18.6 Å². The van der Waals surface area contributed by atoms with E-state index in [1.807, 2.05) is 25.1 Å². The second kappa shape index (κ2) is 3.03. The van der Waals surface area contributed by atoms with Gasteiger partial charge in [0.15, 0.2) is 0 Å². The summed E-state index contributed by atoms with van der Waals surface area (Å²) in [5.74, 6) is 0. The maximum Gasteiger partial charge on any atom is 0.412 e. The van der Waals surface area contributed by atoms with Crippen molar-refractivity contribution in [1.82, 2.24) is 0 Å². The normalized spacial score (nSPS) is 20.2. The zero-order valence-electron chi connectivity index (χ0n) is 7.00. The van der Waals surface area contributed by atoms with Crippen LogP contribution in [0, 0.1) is 0 Å². The molecule has 1 N–H and O–H groups in total. The third-order valence-corrected chi connectivity index (χ3v) is 2.47. The first-order valence-corrected chi connectivity index (χ1v) is 4.73. The SMILES string of the molecule is CC1OC(=O)Nc2cc(Br)ccc21. The quantitative estimate of drug-likeness (QED) is 0.759. The Hall–Kier alpha value is -1.03. The van der Waals surface area contributed by atoms with Gasteiger partial charge in [-0.05, 0) is 19.1 Å². The molecule has 0 saturated heterocycles. The van der Waals surface area contributed by atoms with Gasteiger partial charge in [0.2, 0.25) is 0 Å². The Bertz CT molecular complexity index is 365. The molecule has 0 fully saturated rings. The van der Waals surface area contributed by atoms with Gasteiger partial charge in [0, 0.05) is 10.0 Å². The summed E-state index contributed by atoms with van der Waals surface area (Å²) < 4.78 is 5.93. The molecule has 2 rings (SSSR count). The Morgan fingerprint density at radius 2 is 2.31 bits per heavy atom. The van der Waals surface area contributed by atoms with Crippen LogP contribution in [0.15, 0.2) is 22.7 Å². The van der Waals surface area contributed by atoms with Crippen molar-refractivity contribution < 1.29 is 9.53 Å². The lowest BCUT2D eigenvalue weighted by Crippen LogP contribution is -2.22. The fourth-order valence-electron chi connectivity index (χ4n) is 1.35. The number of nitrogens with one attached hydrogen (secondary N) is 1. The zero-order chi connectivity index (χ0) is 9.42. The highest BCUT2D eigenvalue weighted by molar-refractivity contribution is 9.10. The van der Waals surface area contributed by atoms with Crippen LogP contribution < -0.4 is 5.32 Å². The lowest BCUT2D eigenvalue weighted by molar-refractivity contribution is 0.116. The number of carbonyl (C=O) groups is 1. The van der Waals surface area contributed by atoms with Crippen LogP contribution in [0.3, 0.4) is 0 Å². The van der Waals surface area contributed by atoms with Crippen molar-refractivity contribution >= 4 is 27.7 Å². The summed E-state index contributed by atoms with van der Waals surface area (Å²) in [6, 6.07) is 5.73. The van der Waals surface area contributed by atoms with Gasteiger partial charge < -0.3 is 4.74 Å². The van der Waals surface area contributed by atoms with E-state index in [4.69, 9.17) is 4.74 Å². The zero-order valence-corrected chi connectivity index (χ0v) is 8.59. The van der Waals surface area contributed by atoms with Crippen LogP contribution in [0.4, 0.5) is 10.5 Å². The monoisotopic (exact) mass is 241 g/mol. The first-order chi connectivity index (χ1) is 6.16. The molecule has 0 radical (unpaired) electrons. The summed E-state index contributed by atoms with van der Waals surface area (Å²) in [5, 5.41) is 2.64. The van der Waals surface area contributed by atoms with Crippen LogP contribution in [0.5, 0.6) is 0 Å². The van der Waals surface area contributed by atoms with Gasteiger partial charge in [0.25, 0.3) is 0 Å². The highest BCUT2D eigenvalue weighted by Gasteiger charge is 2.21. The van der Waals surface area contributed by atoms with Gasteiger partial charge in [-0.2, -0.15) is 0 Å². The maximum atomic E-state index is 11.0. The van der Waals surface area contributed by atoms with Crippen molar-refractivity contribution in [3.05, 3.63) is 28.2 Å². The molecule has 0 aromatic heterocycles. The van der Waals surface area contributed by atoms with Crippen LogP contribution in [-0.4, -0.2) is 6.09 Å². The van der Waals surface area contributed by atoms with E-state index in [0.29, 0.717) is 0 Å². The summed E-state index contributed by atoms with van der Waals surface area (Å²) in [5.41, 5.74) is 1.82. The Labute approximate surface area is 84.2 Å². The first-order valence-electron chi connectivity index (χ1n) is 3.94. The lowest BCUT2D eigenvalue weighted by Gasteiger charge is -2.23. The van der Waals surface area contributed by atoms with Crippen LogP contribution >= 0.6 is 15.9 Å². The molecular formula is C9H8BrNO2. The molecule has 0 bridgehead atoms. The van der Waals surface area contributed by atoms with Gasteiger partial charge in [-0.25, -0.2) is 4.79 Å². The molecule has 1 unspecified atom stereocenters. The molecule has 1 heterocycles. The third-order valence-electron chi connectivity index (χ3n) is 1.97. The number of amides is 1. The second-order valence-corrected chi connectivity index (χ2v) is 3.82. The highest BCUT2D eigenvalue weighted by atomic mass is 79.9. The van der Waals surface area contributed by atoms with Gasteiger partial charge in [0.05, 0.1) is 5.69 Å². The number of halogens is 1. The van der Waals surface area contributed by atoms with Crippen LogP contribution in [-0.2, 0) is 4.74 Å². The maximum absolute atomic E-state index is 11.0. The first kappa shape index (κ1) is 8.56. The number of hydrogen-bond acceptors (Lipinski definition) is 2. The van der Waals surface area contributed by atoms with E-state index in [0.717, 1.165) is 15.7 Å². The van der Waals surface area contributed by atoms with Gasteiger partial charge >= 0.3 is 6.09 Å². The molecule has 0 spiro atoms. The number of benzene rings is 1. The minimum Gasteiger partial charge on any atom is -0.441 e. The molecule has 1 aromatic carbocycles. The summed E-state index contributed by atoms with van der Waals surface area (Å²) in [4.78, 5) is 11.0. The topological polar surface area (TPSA) is 38.3 Å². The van der Waals surface area contributed by atoms with Crippen molar-refractivity contribution in [2.45, 2.75) is 13.0 Å². The number of carbonyl (C=O) groups excluding carboxylic acids is 1. The Balaban J connectivity index is 2.49. The second-order valence-electron chi connectivity index (χ2n) is 2.90. The molecular weight excluding hydrogens is 234 g/mol. The van der Waals surface area contributed by atoms with E-state index in [1.165, 1.54) is 0 Å². The Morgan fingerprint density at radius 3 is 3.08 bits per heavy atom. The van der Waals surface area contributed by atoms with Crippen molar-refractivity contribution in [3.8, 4) is 0 Å². The van der Waals surface area contributed by atoms with Crippen LogP contribution in [0.2, 0.25) is 0 Å². The number of fused-ring (bicyclic) bond motifs is 1. The Morgan fingerprint density at radius 1 is 1.54 bits per heavy atom. The molecule has 68 valence electrons. The van der Waals surface area contributed by atoms with Gasteiger partial charge in [-0.15, -0.1) is 0 Å². The minimum atomic E-state index is -0.391. The van der Waals surface area contributed by atoms with Gasteiger partial charge in [-0.1, -0.05) is 22.0 Å². The fourth-order valence-corrected chi connectivity index (χ4v) is 1.72. The summed E-state index contributed by atoms with van der Waals surface area (Å²) in [6.07, 6.45) is -0.560. The molecule has 13 heavy (non-hydrogen) atoms. The van der Waals surface area contributed by atoms with E-state index in [-0.39, 0.29) is 6.10 Å². The lowest BCUT2D eigenvalue weighted by atomic mass is 10.1. The number of anilines is 1. The average molecular weight is 242 g/mol. The molecule has 1 aliphatic rings. The molecule has 1 atom stereocenters. The molecule has 0 saturated carbocycles. The van der Waals surface area contributed by atoms with Crippen LogP contribution in [0.25, 0.3) is 0 Å². The number of cyclic esters (lactones) is 1. The summed E-state index contributed by atoms with van der Waals surface area (Å²) >= 11 is 3.34. The van der Waals surface area contributed by atoms with E-state index in [9.17, 15) is 4.79 Å². The van der Waals surface area contributed by atoms with E-state index in [2.05, 4.69) is 21.2 Å². The number of hydrogen-bond donors (Lipinski definition) is 1. The highest BCUT2D eigenvalue weighted by Crippen LogP contribution is 2.32. The van der Waals surface area contributed by atoms with Crippen molar-refractivity contribution in [3.63, 3.8) is 0 Å². The van der Waals surface area contributed by atoms with Crippen molar-refractivity contribution in [2.24, 2.45) is 0 Å². The number of rotatable bonds is 0. The molecule has 1 aliphatic heterocycles. The van der Waals surface area contributed by atoms with E-state index < -0.39 is 6.09 Å². The van der Waals surface area contributed by atoms with Gasteiger partial charge in [0.1, 0.15) is 6.10 Å². The van der Waals surface area contributed by atoms with Crippen molar-refractivity contribution in [2.75, 3.05) is 5.32 Å². The average Bonchev–Trinajstić information content (AvgIpc) is 2.02. The van der Waals surface area contributed by atoms with Crippen molar-refractivity contribution in [1.29, 1.82) is 0 Å². The molecule has 1 amide bonds. The Kier molecular flexibility index (Phi) is 2.00. The fraction of sp³-hybridized carbons (Fsp3) is 0.222. The summed E-state index contributed by atoms with van der Waals surface area (Å²) in [6.45, 7) is 1.85. The molecule has 1 aromatic rings. The predicted molar refractivity (Wildman–Crippen MR) is 52.7 cm³/mol. The number of ether oxygens (including phenoxy) is 1.